The molecular weight excluding hydrogens is 330 g/mol. The van der Waals surface area contributed by atoms with Crippen LogP contribution < -0.4 is 9.96 Å². The van der Waals surface area contributed by atoms with Crippen molar-refractivity contribution in [1.82, 2.24) is 9.88 Å². The monoisotopic (exact) mass is 357 g/mol. The number of hydrogen-bond acceptors (Lipinski definition) is 5. The highest BCUT2D eigenvalue weighted by Gasteiger charge is 2.23. The van der Waals surface area contributed by atoms with Gasteiger partial charge in [-0.2, -0.15) is 5.23 Å². The lowest BCUT2D eigenvalue weighted by Crippen LogP contribution is -2.99. The average Bonchev–Trinajstić information content (AvgIpc) is 2.69. The zero-order valence-corrected chi connectivity index (χ0v) is 15.0. The highest BCUT2D eigenvalue weighted by atomic mass is 16.8. The van der Waals surface area contributed by atoms with Crippen LogP contribution in [-0.4, -0.2) is 34.8 Å². The summed E-state index contributed by atoms with van der Waals surface area (Å²) in [5, 5.41) is 19.1. The molecule has 26 heavy (non-hydrogen) atoms. The van der Waals surface area contributed by atoms with Crippen LogP contribution in [0.3, 0.4) is 0 Å². The van der Waals surface area contributed by atoms with Gasteiger partial charge in [-0.1, -0.05) is 18.6 Å². The number of piperidine rings is 1. The summed E-state index contributed by atoms with van der Waals surface area (Å²) in [6.45, 7) is 2.80. The summed E-state index contributed by atoms with van der Waals surface area (Å²) in [6.07, 6.45) is 9.57. The quantitative estimate of drug-likeness (QED) is 0.561. The van der Waals surface area contributed by atoms with Crippen molar-refractivity contribution in [2.24, 2.45) is 0 Å². The number of quaternary nitrogens is 1. The van der Waals surface area contributed by atoms with E-state index in [2.05, 4.69) is 16.0 Å². The number of aromatic nitrogens is 1. The van der Waals surface area contributed by atoms with Gasteiger partial charge in [-0.05, 0) is 56.5 Å². The fourth-order valence-corrected chi connectivity index (χ4v) is 3.54. The second-order valence-electron chi connectivity index (χ2n) is 6.72. The largest absolute Gasteiger partial charge is 0.595 e. The predicted molar refractivity (Wildman–Crippen MR) is 99.3 cm³/mol. The Morgan fingerprint density at radius 2 is 2.15 bits per heavy atom. The van der Waals surface area contributed by atoms with E-state index in [-0.39, 0.29) is 5.69 Å². The molecular formula is C20H27N3O3. The Labute approximate surface area is 154 Å². The minimum atomic E-state index is -0.929. The van der Waals surface area contributed by atoms with Gasteiger partial charge in [0.2, 0.25) is 0 Å². The zero-order valence-electron chi connectivity index (χ0n) is 15.0. The van der Waals surface area contributed by atoms with Crippen LogP contribution in [0.1, 0.15) is 43.7 Å². The Bertz CT molecular complexity index is 666. The molecule has 2 heterocycles. The van der Waals surface area contributed by atoms with Gasteiger partial charge in [-0.25, -0.2) is 5.21 Å². The van der Waals surface area contributed by atoms with Crippen LogP contribution in [0.5, 0.6) is 5.75 Å². The Morgan fingerprint density at radius 3 is 2.96 bits per heavy atom. The maximum absolute atomic E-state index is 11.0. The standard InChI is InChI=1S/C20H27N3O3/c24-23(25)18-8-5-9-19(15-18)26-14-4-3-13-22-12-2-1-10-20(22)17-7-6-11-21-16-17/h5-9,11,15-16,20,23-24H,1-4,10,12-14H2/t20-/m0/s1. The van der Waals surface area contributed by atoms with Crippen molar-refractivity contribution in [2.45, 2.75) is 38.1 Å². The van der Waals surface area contributed by atoms with Gasteiger partial charge >= 0.3 is 0 Å². The second-order valence-corrected chi connectivity index (χ2v) is 6.72. The molecule has 1 unspecified atom stereocenters. The SMILES string of the molecule is [O-][NH+](O)c1cccc(OCCCCN2CCCC[C@H]2c2cccnc2)c1. The molecule has 1 aromatic heterocycles. The van der Waals surface area contributed by atoms with E-state index in [1.807, 2.05) is 18.5 Å². The molecule has 0 aliphatic carbocycles. The van der Waals surface area contributed by atoms with Crippen molar-refractivity contribution in [2.75, 3.05) is 19.7 Å². The normalized spacial score (nSPS) is 19.2. The molecule has 140 valence electrons. The molecule has 0 bridgehead atoms. The lowest BCUT2D eigenvalue weighted by molar-refractivity contribution is -0.991. The second kappa shape index (κ2) is 9.64. The van der Waals surface area contributed by atoms with E-state index in [4.69, 9.17) is 9.94 Å². The summed E-state index contributed by atoms with van der Waals surface area (Å²) in [5.41, 5.74) is 1.57. The minimum Gasteiger partial charge on any atom is -0.595 e. The molecule has 1 aliphatic rings. The summed E-state index contributed by atoms with van der Waals surface area (Å²) >= 11 is 0. The van der Waals surface area contributed by atoms with Crippen molar-refractivity contribution < 1.29 is 15.2 Å². The van der Waals surface area contributed by atoms with Crippen molar-refractivity contribution in [3.63, 3.8) is 0 Å². The molecule has 0 amide bonds. The number of rotatable bonds is 8. The molecule has 0 spiro atoms. The summed E-state index contributed by atoms with van der Waals surface area (Å²) in [5.74, 6) is 0.621. The van der Waals surface area contributed by atoms with Gasteiger partial charge in [0.05, 0.1) is 6.61 Å². The third-order valence-corrected chi connectivity index (χ3v) is 4.87. The van der Waals surface area contributed by atoms with Crippen molar-refractivity contribution in [3.05, 3.63) is 59.6 Å². The van der Waals surface area contributed by atoms with Crippen LogP contribution in [-0.2, 0) is 0 Å². The first-order valence-electron chi connectivity index (χ1n) is 9.34. The molecule has 6 nitrogen and oxygen atoms in total. The maximum Gasteiger partial charge on any atom is 0.167 e. The molecule has 1 saturated heterocycles. The highest BCUT2D eigenvalue weighted by Crippen LogP contribution is 2.30. The molecule has 1 aliphatic heterocycles. The lowest BCUT2D eigenvalue weighted by Gasteiger charge is -2.35. The topological polar surface area (TPSA) is 73.1 Å². The van der Waals surface area contributed by atoms with E-state index in [1.165, 1.54) is 24.8 Å². The Balaban J connectivity index is 1.43. The molecule has 1 fully saturated rings. The number of ether oxygens (including phenoxy) is 1. The first kappa shape index (κ1) is 18.8. The van der Waals surface area contributed by atoms with Gasteiger partial charge in [0, 0.05) is 30.6 Å². The van der Waals surface area contributed by atoms with Gasteiger partial charge in [0.25, 0.3) is 0 Å². The highest BCUT2D eigenvalue weighted by molar-refractivity contribution is 5.37. The van der Waals surface area contributed by atoms with Gasteiger partial charge in [-0.3, -0.25) is 9.88 Å². The van der Waals surface area contributed by atoms with Gasteiger partial charge in [0.1, 0.15) is 5.75 Å². The molecule has 3 rings (SSSR count). The Kier molecular flexibility index (Phi) is 6.96. The fraction of sp³-hybridized carbons (Fsp3) is 0.450. The lowest BCUT2D eigenvalue weighted by atomic mass is 9.96. The third-order valence-electron chi connectivity index (χ3n) is 4.87. The number of unbranched alkanes of at least 4 members (excludes halogenated alkanes) is 1. The summed E-state index contributed by atoms with van der Waals surface area (Å²) < 4.78 is 5.71. The fourth-order valence-electron chi connectivity index (χ4n) is 3.54. The van der Waals surface area contributed by atoms with E-state index in [9.17, 15) is 5.21 Å². The van der Waals surface area contributed by atoms with Gasteiger partial charge in [0.15, 0.2) is 5.69 Å². The van der Waals surface area contributed by atoms with E-state index < -0.39 is 5.23 Å². The molecule has 0 saturated carbocycles. The first-order valence-corrected chi connectivity index (χ1v) is 9.34. The number of nitrogens with one attached hydrogen (secondary N) is 1. The minimum absolute atomic E-state index is 0.259. The molecule has 2 atom stereocenters. The van der Waals surface area contributed by atoms with Crippen LogP contribution in [0.4, 0.5) is 5.69 Å². The summed E-state index contributed by atoms with van der Waals surface area (Å²) in [7, 11) is 0. The van der Waals surface area contributed by atoms with E-state index in [0.29, 0.717) is 18.4 Å². The van der Waals surface area contributed by atoms with Crippen molar-refractivity contribution in [1.29, 1.82) is 0 Å². The molecule has 0 radical (unpaired) electrons. The molecule has 1 aromatic carbocycles. The van der Waals surface area contributed by atoms with Crippen molar-refractivity contribution >= 4 is 5.69 Å². The Hall–Kier alpha value is -1.99. The van der Waals surface area contributed by atoms with Crippen LogP contribution >= 0.6 is 0 Å². The molecule has 2 aromatic rings. The predicted octanol–water partition coefficient (Wildman–Crippen LogP) is 2.87. The van der Waals surface area contributed by atoms with Crippen LogP contribution in [0, 0.1) is 5.21 Å². The van der Waals surface area contributed by atoms with E-state index in [1.54, 1.807) is 24.3 Å². The number of pyridine rings is 1. The van der Waals surface area contributed by atoms with Crippen molar-refractivity contribution in [3.8, 4) is 5.75 Å². The van der Waals surface area contributed by atoms with E-state index in [0.717, 1.165) is 25.9 Å². The smallest absolute Gasteiger partial charge is 0.167 e. The van der Waals surface area contributed by atoms with Crippen LogP contribution in [0.25, 0.3) is 0 Å². The Morgan fingerprint density at radius 1 is 1.23 bits per heavy atom. The zero-order chi connectivity index (χ0) is 18.2. The summed E-state index contributed by atoms with van der Waals surface area (Å²) in [4.78, 5) is 6.83. The molecule has 2 N–H and O–H groups in total. The number of benzene rings is 1. The number of hydrogen-bond donors (Lipinski definition) is 2. The van der Waals surface area contributed by atoms with E-state index >= 15 is 0 Å². The van der Waals surface area contributed by atoms with Gasteiger partial charge < -0.3 is 9.94 Å². The number of likely N-dealkylation sites (tertiary alicyclic amines) is 1. The third kappa shape index (κ3) is 5.25. The van der Waals surface area contributed by atoms with Crippen LogP contribution in [0.2, 0.25) is 0 Å². The first-order chi connectivity index (χ1) is 12.7. The summed E-state index contributed by atoms with van der Waals surface area (Å²) in [6, 6.07) is 11.3. The maximum atomic E-state index is 11.0. The average molecular weight is 357 g/mol. The van der Waals surface area contributed by atoms with Gasteiger partial charge in [-0.15, -0.1) is 0 Å². The number of nitrogens with zero attached hydrogens (tertiary/aromatic N) is 2. The molecule has 6 heteroatoms. The van der Waals surface area contributed by atoms with Crippen LogP contribution in [0.15, 0.2) is 48.8 Å².